The highest BCUT2D eigenvalue weighted by Gasteiger charge is 2.40. The van der Waals surface area contributed by atoms with E-state index in [1.807, 2.05) is 0 Å². The lowest BCUT2D eigenvalue weighted by Crippen LogP contribution is -2.16. The largest absolute Gasteiger partial charge is 0.310 e. The third-order valence-electron chi connectivity index (χ3n) is 16.0. The molecule has 0 saturated heterocycles. The van der Waals surface area contributed by atoms with E-state index in [1.54, 1.807) is 5.56 Å². The van der Waals surface area contributed by atoms with E-state index in [-0.39, 0.29) is 5.41 Å². The first kappa shape index (κ1) is 37.1. The minimum absolute atomic E-state index is 0.109. The maximum atomic E-state index is 2.54. The summed E-state index contributed by atoms with van der Waals surface area (Å²) < 4.78 is 0. The smallest absolute Gasteiger partial charge is 0.0467 e. The summed E-state index contributed by atoms with van der Waals surface area (Å²) in [5, 5.41) is 0. The first-order valence-corrected chi connectivity index (χ1v) is 23.5. The van der Waals surface area contributed by atoms with E-state index >= 15 is 0 Å². The van der Waals surface area contributed by atoms with Crippen LogP contribution in [0.3, 0.4) is 0 Å². The van der Waals surface area contributed by atoms with Crippen LogP contribution < -0.4 is 4.90 Å². The molecule has 6 aromatic rings. The fourth-order valence-electron chi connectivity index (χ4n) is 12.8. The molecule has 5 aliphatic rings. The predicted molar refractivity (Wildman–Crippen MR) is 249 cm³/mol. The van der Waals surface area contributed by atoms with Crippen molar-refractivity contribution in [1.82, 2.24) is 0 Å². The van der Waals surface area contributed by atoms with E-state index < -0.39 is 0 Å². The van der Waals surface area contributed by atoms with Crippen molar-refractivity contribution >= 4 is 17.1 Å². The van der Waals surface area contributed by atoms with Gasteiger partial charge in [0.05, 0.1) is 0 Å². The molecule has 0 aliphatic heterocycles. The summed E-state index contributed by atoms with van der Waals surface area (Å²) in [4.78, 5) is 2.54. The van der Waals surface area contributed by atoms with Crippen LogP contribution in [-0.2, 0) is 5.41 Å². The van der Waals surface area contributed by atoms with Crippen LogP contribution in [0.25, 0.3) is 33.4 Å². The molecule has 0 spiro atoms. The number of anilines is 3. The summed E-state index contributed by atoms with van der Waals surface area (Å²) >= 11 is 0. The van der Waals surface area contributed by atoms with Gasteiger partial charge in [-0.2, -0.15) is 0 Å². The molecule has 4 saturated carbocycles. The molecule has 11 rings (SSSR count). The standard InChI is InChI=1S/C58H61N/c1-58(2)56-33-28-45(42-24-22-41(23-25-42)40-12-5-3-6-13-40)37-55(56)53-32-31-50(38-57(53)58)59(48-29-26-44(27-30-48)54-35-39-20-21-47(54)34-39)49-17-11-16-46(36-49)52-19-10-9-18-51(52)43-14-7-4-8-15-43/h9-11,16-19,22-33,36-40,43,47,54H,3-8,12-15,20-21,34-35H2,1-2H3. The Morgan fingerprint density at radius 2 is 1.14 bits per heavy atom. The highest BCUT2D eigenvalue weighted by Crippen LogP contribution is 2.54. The number of hydrogen-bond donors (Lipinski definition) is 0. The third kappa shape index (κ3) is 6.78. The predicted octanol–water partition coefficient (Wildman–Crippen LogP) is 16.8. The van der Waals surface area contributed by atoms with E-state index in [2.05, 4.69) is 152 Å². The molecule has 59 heavy (non-hydrogen) atoms. The Balaban J connectivity index is 0.971. The number of hydrogen-bond acceptors (Lipinski definition) is 1. The Morgan fingerprint density at radius 3 is 1.88 bits per heavy atom. The van der Waals surface area contributed by atoms with E-state index in [4.69, 9.17) is 0 Å². The van der Waals surface area contributed by atoms with Crippen LogP contribution >= 0.6 is 0 Å². The van der Waals surface area contributed by atoms with E-state index in [0.29, 0.717) is 5.92 Å². The second-order valence-electron chi connectivity index (χ2n) is 19.8. The zero-order valence-corrected chi connectivity index (χ0v) is 35.4. The first-order valence-electron chi connectivity index (χ1n) is 23.5. The molecule has 1 heteroatoms. The van der Waals surface area contributed by atoms with E-state index in [1.165, 1.54) is 163 Å². The van der Waals surface area contributed by atoms with Crippen molar-refractivity contribution in [3.8, 4) is 33.4 Å². The minimum Gasteiger partial charge on any atom is -0.310 e. The van der Waals surface area contributed by atoms with Crippen molar-refractivity contribution in [3.63, 3.8) is 0 Å². The Hall–Kier alpha value is -4.88. The van der Waals surface area contributed by atoms with Crippen LogP contribution in [0.4, 0.5) is 17.1 Å². The van der Waals surface area contributed by atoms with Gasteiger partial charge in [0.15, 0.2) is 0 Å². The van der Waals surface area contributed by atoms with Gasteiger partial charge in [0, 0.05) is 22.5 Å². The van der Waals surface area contributed by atoms with Crippen LogP contribution in [0.5, 0.6) is 0 Å². The van der Waals surface area contributed by atoms with Crippen molar-refractivity contribution in [1.29, 1.82) is 0 Å². The fraction of sp³-hybridized carbons (Fsp3) is 0.379. The van der Waals surface area contributed by atoms with Gasteiger partial charge in [0.2, 0.25) is 0 Å². The zero-order valence-electron chi connectivity index (χ0n) is 35.4. The maximum absolute atomic E-state index is 2.54. The molecule has 0 amide bonds. The van der Waals surface area contributed by atoms with Crippen LogP contribution in [0.1, 0.15) is 149 Å². The summed E-state index contributed by atoms with van der Waals surface area (Å²) in [6.45, 7) is 4.86. The van der Waals surface area contributed by atoms with E-state index in [9.17, 15) is 0 Å². The highest BCUT2D eigenvalue weighted by molar-refractivity contribution is 5.88. The summed E-state index contributed by atoms with van der Waals surface area (Å²) in [7, 11) is 0. The quantitative estimate of drug-likeness (QED) is 0.149. The zero-order chi connectivity index (χ0) is 39.5. The molecule has 0 radical (unpaired) electrons. The van der Waals surface area contributed by atoms with E-state index in [0.717, 1.165) is 23.7 Å². The molecule has 3 unspecified atom stereocenters. The highest BCUT2D eigenvalue weighted by atomic mass is 15.1. The molecule has 4 fully saturated rings. The maximum Gasteiger partial charge on any atom is 0.0467 e. The topological polar surface area (TPSA) is 3.24 Å². The summed E-state index contributed by atoms with van der Waals surface area (Å²) in [5.74, 6) is 3.95. The lowest BCUT2D eigenvalue weighted by Gasteiger charge is -2.29. The van der Waals surface area contributed by atoms with Gasteiger partial charge in [-0.1, -0.05) is 150 Å². The fourth-order valence-corrected chi connectivity index (χ4v) is 12.8. The Bertz CT molecular complexity index is 2460. The average molecular weight is 772 g/mol. The summed E-state index contributed by atoms with van der Waals surface area (Å²) in [6, 6.07) is 52.6. The monoisotopic (exact) mass is 771 g/mol. The van der Waals surface area contributed by atoms with Crippen LogP contribution in [0, 0.1) is 11.8 Å². The van der Waals surface area contributed by atoms with Gasteiger partial charge >= 0.3 is 0 Å². The second kappa shape index (κ2) is 15.3. The third-order valence-corrected chi connectivity index (χ3v) is 16.0. The molecule has 3 atom stereocenters. The molecule has 6 aromatic carbocycles. The normalized spacial score (nSPS) is 22.3. The number of fused-ring (bicyclic) bond motifs is 5. The molecule has 0 aromatic heterocycles. The Kier molecular flexibility index (Phi) is 9.63. The Morgan fingerprint density at radius 1 is 0.441 bits per heavy atom. The van der Waals surface area contributed by atoms with Gasteiger partial charge in [-0.15, -0.1) is 0 Å². The van der Waals surface area contributed by atoms with Crippen LogP contribution in [0.2, 0.25) is 0 Å². The summed E-state index contributed by atoms with van der Waals surface area (Å²) in [5.41, 5.74) is 19.1. The molecule has 0 heterocycles. The molecule has 2 bridgehead atoms. The SMILES string of the molecule is CC1(C)c2ccc(-c3ccc(C4CCCCC4)cc3)cc2-c2ccc(N(c3ccc(C4CC5CCC4C5)cc3)c3cccc(-c4ccccc4C4CCCCC4)c3)cc21. The lowest BCUT2D eigenvalue weighted by molar-refractivity contribution is 0.420. The number of benzene rings is 6. The second-order valence-corrected chi connectivity index (χ2v) is 19.8. The number of rotatable bonds is 8. The first-order chi connectivity index (χ1) is 29.0. The van der Waals surface area contributed by atoms with Gasteiger partial charge in [0.25, 0.3) is 0 Å². The van der Waals surface area contributed by atoms with Gasteiger partial charge in [-0.3, -0.25) is 0 Å². The van der Waals surface area contributed by atoms with Crippen molar-refractivity contribution in [2.24, 2.45) is 11.8 Å². The Labute approximate surface area is 353 Å². The average Bonchev–Trinajstić information content (AvgIpc) is 4.00. The molecule has 0 N–H and O–H groups in total. The van der Waals surface area contributed by atoms with Gasteiger partial charge in [-0.05, 0) is 178 Å². The van der Waals surface area contributed by atoms with Crippen molar-refractivity contribution in [3.05, 3.63) is 161 Å². The van der Waals surface area contributed by atoms with Crippen molar-refractivity contribution in [2.45, 2.75) is 127 Å². The van der Waals surface area contributed by atoms with Crippen LogP contribution in [-0.4, -0.2) is 0 Å². The molecular formula is C58H61N. The van der Waals surface area contributed by atoms with Gasteiger partial charge in [-0.25, -0.2) is 0 Å². The lowest BCUT2D eigenvalue weighted by atomic mass is 9.81. The number of nitrogens with zero attached hydrogens (tertiary/aromatic N) is 1. The molecule has 5 aliphatic carbocycles. The van der Waals surface area contributed by atoms with Crippen LogP contribution in [0.15, 0.2) is 133 Å². The minimum atomic E-state index is -0.109. The van der Waals surface area contributed by atoms with Gasteiger partial charge in [0.1, 0.15) is 0 Å². The van der Waals surface area contributed by atoms with Crippen molar-refractivity contribution in [2.75, 3.05) is 4.90 Å². The van der Waals surface area contributed by atoms with Gasteiger partial charge < -0.3 is 4.90 Å². The molecule has 1 nitrogen and oxygen atoms in total. The van der Waals surface area contributed by atoms with Crippen molar-refractivity contribution < 1.29 is 0 Å². The molecular weight excluding hydrogens is 711 g/mol. The summed E-state index contributed by atoms with van der Waals surface area (Å²) in [6.07, 6.45) is 19.2. The molecule has 298 valence electrons.